The van der Waals surface area contributed by atoms with Crippen LogP contribution in [0.1, 0.15) is 108 Å². The molecule has 8 nitrogen and oxygen atoms in total. The van der Waals surface area contributed by atoms with Crippen molar-refractivity contribution in [2.45, 2.75) is 79.1 Å². The van der Waals surface area contributed by atoms with Gasteiger partial charge in [-0.2, -0.15) is 0 Å². The van der Waals surface area contributed by atoms with Crippen molar-refractivity contribution in [3.05, 3.63) is 81.4 Å². The number of hydrogen-bond acceptors (Lipinski definition) is 4. The summed E-state index contributed by atoms with van der Waals surface area (Å²) in [6, 6.07) is 5.97. The third-order valence-corrected chi connectivity index (χ3v) is 8.88. The summed E-state index contributed by atoms with van der Waals surface area (Å²) in [4.78, 5) is 41.9. The van der Waals surface area contributed by atoms with Gasteiger partial charge < -0.3 is 20.2 Å². The molecule has 0 fully saturated rings. The molecule has 0 saturated heterocycles. The molecule has 3 aromatic heterocycles. The largest absolute Gasteiger partial charge is 0.481 e. The van der Waals surface area contributed by atoms with Gasteiger partial charge in [-0.1, -0.05) is 39.8 Å². The number of aryl methyl sites for hydroxylation is 3. The highest BCUT2D eigenvalue weighted by Crippen LogP contribution is 2.43. The number of aromatic carboxylic acids is 1. The molecule has 0 saturated carbocycles. The molecule has 0 radical (unpaired) electrons. The molecule has 0 amide bonds. The number of aromatic amines is 2. The van der Waals surface area contributed by atoms with Gasteiger partial charge in [0.15, 0.2) is 0 Å². The molecule has 42 heavy (non-hydrogen) atoms. The third kappa shape index (κ3) is 4.74. The minimum Gasteiger partial charge on any atom is -0.481 e. The minimum absolute atomic E-state index is 0.00888. The summed E-state index contributed by atoms with van der Waals surface area (Å²) >= 11 is 0. The fourth-order valence-corrected chi connectivity index (χ4v) is 6.56. The third-order valence-electron chi connectivity index (χ3n) is 8.88. The number of carboxylic acid groups (broad SMARTS) is 2. The maximum atomic E-state index is 12.7. The van der Waals surface area contributed by atoms with Crippen molar-refractivity contribution in [2.24, 2.45) is 0 Å². The van der Waals surface area contributed by atoms with E-state index in [4.69, 9.17) is 9.97 Å². The molecule has 218 valence electrons. The van der Waals surface area contributed by atoms with E-state index in [0.29, 0.717) is 27.9 Å². The van der Waals surface area contributed by atoms with Crippen molar-refractivity contribution in [2.75, 3.05) is 0 Å². The topological polar surface area (TPSA) is 132 Å². The van der Waals surface area contributed by atoms with Crippen molar-refractivity contribution in [1.82, 2.24) is 19.9 Å². The number of fused-ring (bicyclic) bond motifs is 8. The molecule has 5 heterocycles. The number of rotatable bonds is 7. The molecule has 5 rings (SSSR count). The minimum atomic E-state index is -1.11. The first-order valence-electron chi connectivity index (χ1n) is 14.6. The lowest BCUT2D eigenvalue weighted by Gasteiger charge is -2.17. The summed E-state index contributed by atoms with van der Waals surface area (Å²) in [5, 5.41) is 20.4. The van der Waals surface area contributed by atoms with Gasteiger partial charge in [0.05, 0.1) is 34.6 Å². The quantitative estimate of drug-likeness (QED) is 0.233. The molecule has 4 N–H and O–H groups in total. The summed E-state index contributed by atoms with van der Waals surface area (Å²) in [6.45, 7) is 16.2. The van der Waals surface area contributed by atoms with Crippen LogP contribution in [0, 0.1) is 13.8 Å². The van der Waals surface area contributed by atoms with Gasteiger partial charge in [-0.25, -0.2) is 9.78 Å². The number of hydrogen-bond donors (Lipinski definition) is 4. The maximum absolute atomic E-state index is 12.7. The van der Waals surface area contributed by atoms with Crippen molar-refractivity contribution >= 4 is 45.2 Å². The van der Waals surface area contributed by atoms with Crippen LogP contribution in [-0.2, 0) is 17.6 Å². The number of allylic oxidation sites excluding steroid dienone is 3. The number of carboxylic acids is 2. The Balaban J connectivity index is 2.07. The Bertz CT molecular complexity index is 1840. The number of nitrogens with one attached hydrogen (secondary N) is 2. The molecule has 2 unspecified atom stereocenters. The molecule has 0 aromatic carbocycles. The first-order chi connectivity index (χ1) is 20.0. The Labute approximate surface area is 245 Å². The average Bonchev–Trinajstić information content (AvgIpc) is 3.61. The van der Waals surface area contributed by atoms with E-state index in [9.17, 15) is 19.8 Å². The molecule has 8 bridgehead atoms. The molecular formula is C34H38N4O4. The maximum Gasteiger partial charge on any atom is 0.338 e. The first kappa shape index (κ1) is 29.0. The van der Waals surface area contributed by atoms with E-state index in [1.165, 1.54) is 0 Å². The van der Waals surface area contributed by atoms with Crippen molar-refractivity contribution in [3.8, 4) is 0 Å². The number of nitrogens with zero attached hydrogens (tertiary/aromatic N) is 2. The summed E-state index contributed by atoms with van der Waals surface area (Å²) in [6.07, 6.45) is 3.91. The monoisotopic (exact) mass is 566 g/mol. The van der Waals surface area contributed by atoms with E-state index in [2.05, 4.69) is 44.2 Å². The number of carbonyl (C=O) groups is 2. The summed E-state index contributed by atoms with van der Waals surface area (Å²) in [5.41, 5.74) is 10.9. The molecule has 8 heteroatoms. The zero-order valence-electron chi connectivity index (χ0n) is 25.1. The highest BCUT2D eigenvalue weighted by molar-refractivity contribution is 6.02. The Morgan fingerprint density at radius 1 is 0.952 bits per heavy atom. The lowest BCUT2D eigenvalue weighted by atomic mass is 9.85. The van der Waals surface area contributed by atoms with E-state index in [1.54, 1.807) is 6.92 Å². The van der Waals surface area contributed by atoms with Gasteiger partial charge in [-0.05, 0) is 74.1 Å². The predicted octanol–water partition coefficient (Wildman–Crippen LogP) is 7.62. The predicted molar refractivity (Wildman–Crippen MR) is 167 cm³/mol. The van der Waals surface area contributed by atoms with Crippen LogP contribution in [0.15, 0.2) is 30.9 Å². The number of H-pyrrole nitrogens is 2. The van der Waals surface area contributed by atoms with Crippen LogP contribution in [0.25, 0.3) is 33.2 Å². The van der Waals surface area contributed by atoms with E-state index in [-0.39, 0.29) is 23.8 Å². The van der Waals surface area contributed by atoms with Gasteiger partial charge in [-0.3, -0.25) is 9.78 Å². The number of aromatic nitrogens is 4. The summed E-state index contributed by atoms with van der Waals surface area (Å²) in [5.74, 6) is -2.23. The highest BCUT2D eigenvalue weighted by Gasteiger charge is 2.33. The normalized spacial score (nSPS) is 16.6. The van der Waals surface area contributed by atoms with Gasteiger partial charge >= 0.3 is 11.9 Å². The van der Waals surface area contributed by atoms with Crippen LogP contribution >= 0.6 is 0 Å². The Hall–Kier alpha value is -4.46. The smallest absolute Gasteiger partial charge is 0.338 e. The summed E-state index contributed by atoms with van der Waals surface area (Å²) in [7, 11) is 0. The first-order valence-corrected chi connectivity index (χ1v) is 14.6. The second-order valence-electron chi connectivity index (χ2n) is 11.3. The molecule has 0 aliphatic carbocycles. The van der Waals surface area contributed by atoms with E-state index >= 15 is 0 Å². The average molecular weight is 567 g/mol. The van der Waals surface area contributed by atoms with Crippen molar-refractivity contribution < 1.29 is 19.8 Å². The van der Waals surface area contributed by atoms with Crippen LogP contribution in [0.4, 0.5) is 0 Å². The van der Waals surface area contributed by atoms with Gasteiger partial charge in [0.1, 0.15) is 0 Å². The Morgan fingerprint density at radius 2 is 1.67 bits per heavy atom. The second kappa shape index (κ2) is 11.1. The van der Waals surface area contributed by atoms with Crippen LogP contribution in [0.3, 0.4) is 0 Å². The molecule has 2 aliphatic heterocycles. The lowest BCUT2D eigenvalue weighted by molar-refractivity contribution is -0.136. The Kier molecular flexibility index (Phi) is 7.66. The summed E-state index contributed by atoms with van der Waals surface area (Å²) < 4.78 is 0. The highest BCUT2D eigenvalue weighted by atomic mass is 16.4. The fourth-order valence-electron chi connectivity index (χ4n) is 6.56. The van der Waals surface area contributed by atoms with Gasteiger partial charge in [0, 0.05) is 45.2 Å². The van der Waals surface area contributed by atoms with Crippen molar-refractivity contribution in [3.63, 3.8) is 0 Å². The Morgan fingerprint density at radius 3 is 2.29 bits per heavy atom. The fraction of sp³-hybridized carbons (Fsp3) is 0.353. The van der Waals surface area contributed by atoms with Gasteiger partial charge in [0.2, 0.25) is 0 Å². The zero-order valence-corrected chi connectivity index (χ0v) is 25.1. The van der Waals surface area contributed by atoms with E-state index in [0.717, 1.165) is 69.7 Å². The molecule has 0 spiro atoms. The zero-order chi connectivity index (χ0) is 30.5. The van der Waals surface area contributed by atoms with Crippen LogP contribution in [-0.4, -0.2) is 42.1 Å². The SMILES string of the molecule is C=CC1=C(C)c2cc3nc(c(CC(=O)O)c4[nH]c(cc5[nH]c(cc1n2)c(C)c5CC)c(C)c4C(=O)O)C(CCC)C3C. The number of aliphatic carboxylic acids is 1. The molecule has 3 aromatic rings. The van der Waals surface area contributed by atoms with E-state index in [1.807, 2.05) is 31.2 Å². The lowest BCUT2D eigenvalue weighted by Crippen LogP contribution is -2.10. The van der Waals surface area contributed by atoms with Crippen LogP contribution in [0.2, 0.25) is 0 Å². The van der Waals surface area contributed by atoms with Crippen LogP contribution < -0.4 is 0 Å². The molecule has 2 aliphatic rings. The van der Waals surface area contributed by atoms with E-state index < -0.39 is 11.9 Å². The molecule has 2 atom stereocenters. The van der Waals surface area contributed by atoms with Gasteiger partial charge in [-0.15, -0.1) is 0 Å². The van der Waals surface area contributed by atoms with Crippen molar-refractivity contribution in [1.29, 1.82) is 0 Å². The van der Waals surface area contributed by atoms with Crippen LogP contribution in [0.5, 0.6) is 0 Å². The second-order valence-corrected chi connectivity index (χ2v) is 11.3. The molecular weight excluding hydrogens is 528 g/mol. The standard InChI is InChI=1S/C34H38N4O4/c1-8-11-22-18(6)26-13-24-16(4)20(9-2)28(35-24)14-25-17(5)21(10-3)29(36-25)15-27-19(7)31(34(41)42)33(38-27)23(12-30(39)40)32(22)37-26/h9,13-15,18,22,36,38H,2,8,10-12H2,1,3-7H3,(H,39,40)(H,41,42). The van der Waals surface area contributed by atoms with Gasteiger partial charge in [0.25, 0.3) is 0 Å².